The quantitative estimate of drug-likeness (QED) is 0.0931. The molecule has 7 rings (SSSR count). The van der Waals surface area contributed by atoms with E-state index in [1.54, 1.807) is 24.3 Å². The number of rotatable bonds is 12. The number of tetrazole rings is 1. The number of carboxylic acid groups (broad SMARTS) is 2. The average molecular weight is 862 g/mol. The third-order valence-corrected chi connectivity index (χ3v) is 12.0. The number of piperidine rings is 1. The van der Waals surface area contributed by atoms with Crippen molar-refractivity contribution in [2.45, 2.75) is 95.1 Å². The van der Waals surface area contributed by atoms with Gasteiger partial charge in [-0.15, -0.1) is 10.2 Å². The lowest BCUT2D eigenvalue weighted by Crippen LogP contribution is -2.48. The number of halogens is 3. The second-order valence-corrected chi connectivity index (χ2v) is 16.2. The van der Waals surface area contributed by atoms with Crippen molar-refractivity contribution < 1.29 is 47.4 Å². The molecule has 1 saturated carbocycles. The molecule has 3 aromatic carbocycles. The van der Waals surface area contributed by atoms with Crippen LogP contribution in [-0.2, 0) is 20.8 Å². The number of nitrogens with one attached hydrogen (secondary N) is 5. The number of carboxylic acids is 1. The van der Waals surface area contributed by atoms with Crippen molar-refractivity contribution >= 4 is 35.5 Å². The second-order valence-electron chi connectivity index (χ2n) is 16.2. The summed E-state index contributed by atoms with van der Waals surface area (Å²) in [6.45, 7) is 2.38. The Morgan fingerprint density at radius 3 is 2.06 bits per heavy atom. The van der Waals surface area contributed by atoms with Crippen LogP contribution >= 0.6 is 0 Å². The maximum Gasteiger partial charge on any atom is 0.490 e. The molecule has 4 amide bonds. The van der Waals surface area contributed by atoms with Gasteiger partial charge in [-0.3, -0.25) is 14.4 Å². The number of amides is 4. The Hall–Kier alpha value is -6.37. The largest absolute Gasteiger partial charge is 0.490 e. The van der Waals surface area contributed by atoms with Crippen molar-refractivity contribution in [3.8, 4) is 22.5 Å². The molecule has 2 aliphatic heterocycles. The van der Waals surface area contributed by atoms with E-state index in [0.29, 0.717) is 48.5 Å². The Balaban J connectivity index is 0.000000845. The molecule has 16 nitrogen and oxygen atoms in total. The minimum Gasteiger partial charge on any atom is -0.475 e. The number of alkyl halides is 3. The molecule has 2 saturated heterocycles. The summed E-state index contributed by atoms with van der Waals surface area (Å²) in [5, 5.41) is 41.8. The third kappa shape index (κ3) is 11.9. The fourth-order valence-corrected chi connectivity index (χ4v) is 8.56. The highest BCUT2D eigenvalue weighted by Gasteiger charge is 2.39. The van der Waals surface area contributed by atoms with Gasteiger partial charge in [0.25, 0.3) is 5.91 Å². The predicted molar refractivity (Wildman–Crippen MR) is 221 cm³/mol. The first-order valence-electron chi connectivity index (χ1n) is 20.5. The van der Waals surface area contributed by atoms with Crippen molar-refractivity contribution in [1.29, 1.82) is 0 Å². The Bertz CT molecular complexity index is 2180. The number of carbonyl (C=O) groups excluding carboxylic acids is 3. The summed E-state index contributed by atoms with van der Waals surface area (Å²) in [5.41, 5.74) is 5.82. The molecule has 62 heavy (non-hydrogen) atoms. The summed E-state index contributed by atoms with van der Waals surface area (Å²) in [5.74, 6) is -2.96. The lowest BCUT2D eigenvalue weighted by Gasteiger charge is -2.36. The number of anilines is 1. The molecule has 0 radical (unpaired) electrons. The van der Waals surface area contributed by atoms with Crippen LogP contribution in [0.4, 0.5) is 23.7 Å². The Kier molecular flexibility index (Phi) is 14.6. The maximum atomic E-state index is 13.8. The Morgan fingerprint density at radius 2 is 1.50 bits per heavy atom. The molecule has 3 heterocycles. The highest BCUT2D eigenvalue weighted by atomic mass is 19.4. The zero-order valence-electron chi connectivity index (χ0n) is 34.2. The fraction of sp³-hybridized carbons (Fsp3) is 0.442. The summed E-state index contributed by atoms with van der Waals surface area (Å²) >= 11 is 0. The number of fused-ring (bicyclic) bond motifs is 2. The van der Waals surface area contributed by atoms with Crippen LogP contribution in [0.5, 0.6) is 0 Å². The topological polar surface area (TPSA) is 232 Å². The smallest absolute Gasteiger partial charge is 0.475 e. The molecule has 330 valence electrons. The van der Waals surface area contributed by atoms with Crippen molar-refractivity contribution in [3.05, 3.63) is 83.4 Å². The zero-order chi connectivity index (χ0) is 44.6. The van der Waals surface area contributed by atoms with E-state index >= 15 is 0 Å². The Morgan fingerprint density at radius 1 is 0.871 bits per heavy atom. The summed E-state index contributed by atoms with van der Waals surface area (Å²) in [4.78, 5) is 62.9. The zero-order valence-corrected chi connectivity index (χ0v) is 34.2. The molecule has 2 unspecified atom stereocenters. The van der Waals surface area contributed by atoms with Gasteiger partial charge in [0.15, 0.2) is 0 Å². The van der Waals surface area contributed by atoms with Gasteiger partial charge in [-0.2, -0.15) is 18.4 Å². The minimum absolute atomic E-state index is 0.0310. The molecule has 19 heteroatoms. The molecule has 1 aliphatic carbocycles. The average Bonchev–Trinajstić information content (AvgIpc) is 3.84. The minimum atomic E-state index is -5.08. The number of carbonyl (C=O) groups is 5. The summed E-state index contributed by atoms with van der Waals surface area (Å²) in [7, 11) is 2.20. The molecule has 0 spiro atoms. The summed E-state index contributed by atoms with van der Waals surface area (Å²) in [6, 6.07) is 21.3. The second kappa shape index (κ2) is 20.0. The SMILES string of the molecule is Cc1cc(C(=O)NC2CC3CCC(C2)N3C)ccc1-c1ccc(C[C@H](NC(=O)[C@H]2CC[C@H](CNC(=O)O)CC2)C(=O)Nc2ccc(-c3nn[nH]n3)cc2)cc1.O=C(O)C(F)(F)F. The number of benzene rings is 3. The molecular formula is C43H50F3N9O7. The van der Waals surface area contributed by atoms with Gasteiger partial charge >= 0.3 is 18.2 Å². The normalized spacial score (nSPS) is 21.4. The van der Waals surface area contributed by atoms with E-state index in [1.165, 1.54) is 12.8 Å². The molecule has 4 aromatic rings. The van der Waals surface area contributed by atoms with E-state index in [4.69, 9.17) is 15.0 Å². The van der Waals surface area contributed by atoms with E-state index in [-0.39, 0.29) is 42.0 Å². The van der Waals surface area contributed by atoms with Gasteiger partial charge in [0.1, 0.15) is 6.04 Å². The molecule has 1 aromatic heterocycles. The highest BCUT2D eigenvalue weighted by Crippen LogP contribution is 2.35. The number of aliphatic carboxylic acids is 1. The van der Waals surface area contributed by atoms with Crippen molar-refractivity contribution in [1.82, 2.24) is 41.5 Å². The number of H-pyrrole nitrogens is 1. The molecule has 3 fully saturated rings. The van der Waals surface area contributed by atoms with E-state index in [0.717, 1.165) is 53.5 Å². The van der Waals surface area contributed by atoms with Crippen LogP contribution in [0.1, 0.15) is 72.9 Å². The molecular weight excluding hydrogens is 812 g/mol. The Labute approximate surface area is 355 Å². The van der Waals surface area contributed by atoms with Gasteiger partial charge in [0, 0.05) is 53.8 Å². The van der Waals surface area contributed by atoms with Gasteiger partial charge in [0.2, 0.25) is 17.6 Å². The summed E-state index contributed by atoms with van der Waals surface area (Å²) < 4.78 is 31.7. The number of nitrogens with zero attached hydrogens (tertiary/aromatic N) is 4. The van der Waals surface area contributed by atoms with E-state index in [9.17, 15) is 32.3 Å². The monoisotopic (exact) mass is 861 g/mol. The van der Waals surface area contributed by atoms with Crippen LogP contribution in [0, 0.1) is 18.8 Å². The van der Waals surface area contributed by atoms with E-state index in [2.05, 4.69) is 53.8 Å². The van der Waals surface area contributed by atoms with Crippen LogP contribution < -0.4 is 21.3 Å². The molecule has 3 aliphatic rings. The van der Waals surface area contributed by atoms with Crippen LogP contribution in [0.15, 0.2) is 66.7 Å². The first-order chi connectivity index (χ1) is 29.5. The molecule has 2 bridgehead atoms. The van der Waals surface area contributed by atoms with Crippen molar-refractivity contribution in [2.24, 2.45) is 11.8 Å². The number of aromatic nitrogens is 4. The summed E-state index contributed by atoms with van der Waals surface area (Å²) in [6.07, 6.45) is 1.26. The van der Waals surface area contributed by atoms with Crippen LogP contribution in [-0.4, -0.2) is 109 Å². The number of hydrogen-bond donors (Lipinski definition) is 7. The lowest BCUT2D eigenvalue weighted by molar-refractivity contribution is -0.192. The molecule has 3 atom stereocenters. The lowest BCUT2D eigenvalue weighted by atomic mass is 9.81. The van der Waals surface area contributed by atoms with Gasteiger partial charge in [-0.1, -0.05) is 30.3 Å². The van der Waals surface area contributed by atoms with E-state index < -0.39 is 24.3 Å². The van der Waals surface area contributed by atoms with E-state index in [1.807, 2.05) is 49.4 Å². The highest BCUT2D eigenvalue weighted by molar-refractivity contribution is 5.98. The van der Waals surface area contributed by atoms with Gasteiger partial charge in [-0.25, -0.2) is 9.59 Å². The van der Waals surface area contributed by atoms with Crippen LogP contribution in [0.25, 0.3) is 22.5 Å². The third-order valence-electron chi connectivity index (χ3n) is 12.0. The first kappa shape index (κ1) is 45.2. The fourth-order valence-electron chi connectivity index (χ4n) is 8.56. The van der Waals surface area contributed by atoms with Crippen molar-refractivity contribution in [2.75, 3.05) is 18.9 Å². The van der Waals surface area contributed by atoms with Crippen LogP contribution in [0.2, 0.25) is 0 Å². The van der Waals surface area contributed by atoms with Gasteiger partial charge in [0.05, 0.1) is 0 Å². The maximum absolute atomic E-state index is 13.8. The molecule has 7 N–H and O–H groups in total. The van der Waals surface area contributed by atoms with Gasteiger partial charge < -0.3 is 36.4 Å². The standard InChI is InChI=1S/C41H49N9O5.C2HF3O2/c1-24-19-30(39(52)44-32-21-33-16-17-34(22-32)50(33)2)13-18-35(24)27-7-3-25(4-8-27)20-36(45-38(51)29-9-5-26(6-10-29)23-42-41(54)55)40(53)43-31-14-11-28(12-15-31)37-46-48-49-47-37;3-2(4,5)1(6)7/h3-4,7-8,11-15,18-19,26,29,32-34,36,42H,5-6,9-10,16-17,20-23H2,1-2H3,(H,43,53)(H,44,52)(H,45,51)(H,54,55)(H,46,47,48,49);(H,6,7)/t26-,29-,32?,33?,34?,36-;/m0./s1. The van der Waals surface area contributed by atoms with Gasteiger partial charge in [-0.05, 0) is 135 Å². The number of aryl methyl sites for hydroxylation is 1. The predicted octanol–water partition coefficient (Wildman–Crippen LogP) is 5.57. The van der Waals surface area contributed by atoms with Crippen molar-refractivity contribution in [3.63, 3.8) is 0 Å². The number of hydrogen-bond acceptors (Lipinski definition) is 9. The number of aromatic amines is 1. The first-order valence-corrected chi connectivity index (χ1v) is 20.5. The van der Waals surface area contributed by atoms with Crippen LogP contribution in [0.3, 0.4) is 0 Å².